The molecule has 15 heavy (non-hydrogen) atoms. The number of carboxylic acids is 1. The number of imide groups is 1. The highest BCUT2D eigenvalue weighted by Crippen LogP contribution is 2.27. The van der Waals surface area contributed by atoms with Gasteiger partial charge in [-0.3, -0.25) is 4.79 Å². The Morgan fingerprint density at radius 3 is 2.40 bits per heavy atom. The van der Waals surface area contributed by atoms with E-state index in [2.05, 4.69) is 0 Å². The number of hydrogen-bond donors (Lipinski definition) is 3. The SMILES string of the molecule is NCC[C@H]1C[C@@H](C(=O)O)N(C(=O)O)C1=O. The van der Waals surface area contributed by atoms with E-state index in [1.165, 1.54) is 0 Å². The maximum atomic E-state index is 11.5. The van der Waals surface area contributed by atoms with Gasteiger partial charge in [0.25, 0.3) is 0 Å². The summed E-state index contributed by atoms with van der Waals surface area (Å²) in [5, 5.41) is 17.4. The van der Waals surface area contributed by atoms with Gasteiger partial charge < -0.3 is 15.9 Å². The topological polar surface area (TPSA) is 121 Å². The molecule has 0 saturated carbocycles. The first kappa shape index (κ1) is 11.4. The second-order valence-corrected chi connectivity index (χ2v) is 3.35. The zero-order chi connectivity index (χ0) is 11.6. The van der Waals surface area contributed by atoms with Gasteiger partial charge in [-0.15, -0.1) is 0 Å². The van der Waals surface area contributed by atoms with Crippen molar-refractivity contribution < 1.29 is 24.6 Å². The number of carbonyl (C=O) groups is 3. The Morgan fingerprint density at radius 2 is 2.07 bits per heavy atom. The number of likely N-dealkylation sites (tertiary alicyclic amines) is 1. The van der Waals surface area contributed by atoms with Crippen LogP contribution < -0.4 is 5.73 Å². The summed E-state index contributed by atoms with van der Waals surface area (Å²) in [5.74, 6) is -2.56. The summed E-state index contributed by atoms with van der Waals surface area (Å²) < 4.78 is 0. The molecule has 84 valence electrons. The monoisotopic (exact) mass is 216 g/mol. The highest BCUT2D eigenvalue weighted by atomic mass is 16.4. The maximum Gasteiger partial charge on any atom is 0.414 e. The van der Waals surface area contributed by atoms with Crippen molar-refractivity contribution >= 4 is 18.0 Å². The van der Waals surface area contributed by atoms with Crippen LogP contribution in [0.4, 0.5) is 4.79 Å². The van der Waals surface area contributed by atoms with Gasteiger partial charge in [-0.05, 0) is 19.4 Å². The molecule has 7 nitrogen and oxygen atoms in total. The summed E-state index contributed by atoms with van der Waals surface area (Å²) in [4.78, 5) is 33.3. The quantitative estimate of drug-likeness (QED) is 0.574. The predicted molar refractivity (Wildman–Crippen MR) is 48.1 cm³/mol. The molecule has 0 aromatic rings. The van der Waals surface area contributed by atoms with E-state index in [9.17, 15) is 14.4 Å². The molecule has 4 N–H and O–H groups in total. The minimum Gasteiger partial charge on any atom is -0.480 e. The van der Waals surface area contributed by atoms with Crippen molar-refractivity contribution in [3.05, 3.63) is 0 Å². The number of amides is 2. The summed E-state index contributed by atoms with van der Waals surface area (Å²) in [6.07, 6.45) is -1.20. The van der Waals surface area contributed by atoms with Crippen LogP contribution in [0, 0.1) is 5.92 Å². The van der Waals surface area contributed by atoms with E-state index in [1.807, 2.05) is 0 Å². The molecule has 1 aliphatic heterocycles. The maximum absolute atomic E-state index is 11.5. The Hall–Kier alpha value is -1.63. The van der Waals surface area contributed by atoms with Crippen molar-refractivity contribution in [3.8, 4) is 0 Å². The third-order valence-corrected chi connectivity index (χ3v) is 2.41. The molecular weight excluding hydrogens is 204 g/mol. The van der Waals surface area contributed by atoms with Crippen LogP contribution in [-0.2, 0) is 9.59 Å². The molecule has 2 atom stereocenters. The molecule has 0 aliphatic carbocycles. The first-order valence-corrected chi connectivity index (χ1v) is 4.48. The minimum atomic E-state index is -1.52. The molecule has 0 aromatic heterocycles. The smallest absolute Gasteiger partial charge is 0.414 e. The van der Waals surface area contributed by atoms with Crippen LogP contribution in [0.2, 0.25) is 0 Å². The van der Waals surface area contributed by atoms with Crippen LogP contribution >= 0.6 is 0 Å². The molecule has 0 bridgehead atoms. The minimum absolute atomic E-state index is 0.0116. The third-order valence-electron chi connectivity index (χ3n) is 2.41. The number of carboxylic acid groups (broad SMARTS) is 2. The Kier molecular flexibility index (Phi) is 3.25. The largest absolute Gasteiger partial charge is 0.480 e. The lowest BCUT2D eigenvalue weighted by molar-refractivity contribution is -0.145. The lowest BCUT2D eigenvalue weighted by Crippen LogP contribution is -2.42. The van der Waals surface area contributed by atoms with E-state index in [1.54, 1.807) is 0 Å². The number of aliphatic carboxylic acids is 1. The van der Waals surface area contributed by atoms with Crippen molar-refractivity contribution in [3.63, 3.8) is 0 Å². The van der Waals surface area contributed by atoms with Crippen LogP contribution in [0.1, 0.15) is 12.8 Å². The third kappa shape index (κ3) is 2.07. The highest BCUT2D eigenvalue weighted by molar-refractivity contribution is 5.99. The molecule has 0 radical (unpaired) electrons. The van der Waals surface area contributed by atoms with E-state index in [0.717, 1.165) is 0 Å². The number of hydrogen-bond acceptors (Lipinski definition) is 4. The van der Waals surface area contributed by atoms with Gasteiger partial charge in [-0.25, -0.2) is 14.5 Å². The zero-order valence-corrected chi connectivity index (χ0v) is 7.92. The normalized spacial score (nSPS) is 25.7. The number of nitrogens with two attached hydrogens (primary N) is 1. The van der Waals surface area contributed by atoms with Crippen LogP contribution in [0.15, 0.2) is 0 Å². The Labute approximate surface area is 85.5 Å². The van der Waals surface area contributed by atoms with E-state index in [0.29, 0.717) is 11.3 Å². The zero-order valence-electron chi connectivity index (χ0n) is 7.92. The second kappa shape index (κ2) is 4.26. The predicted octanol–water partition coefficient (Wildman–Crippen LogP) is -0.685. The molecule has 0 spiro atoms. The average Bonchev–Trinajstić information content (AvgIpc) is 2.44. The van der Waals surface area contributed by atoms with Gasteiger partial charge in [-0.1, -0.05) is 0 Å². The van der Waals surface area contributed by atoms with Gasteiger partial charge >= 0.3 is 12.1 Å². The van der Waals surface area contributed by atoms with Crippen molar-refractivity contribution in [1.29, 1.82) is 0 Å². The molecule has 1 heterocycles. The molecule has 0 unspecified atom stereocenters. The van der Waals surface area contributed by atoms with Gasteiger partial charge in [0, 0.05) is 5.92 Å². The molecule has 1 aliphatic rings. The molecule has 7 heteroatoms. The fourth-order valence-corrected chi connectivity index (χ4v) is 1.71. The summed E-state index contributed by atoms with van der Waals surface area (Å²) in [5.41, 5.74) is 5.25. The van der Waals surface area contributed by atoms with Gasteiger partial charge in [0.05, 0.1) is 0 Å². The van der Waals surface area contributed by atoms with E-state index < -0.39 is 29.9 Å². The van der Waals surface area contributed by atoms with Gasteiger partial charge in [0.2, 0.25) is 5.91 Å². The molecule has 2 amide bonds. The summed E-state index contributed by atoms with van der Waals surface area (Å²) >= 11 is 0. The van der Waals surface area contributed by atoms with Crippen LogP contribution in [0.25, 0.3) is 0 Å². The molecule has 1 fully saturated rings. The fourth-order valence-electron chi connectivity index (χ4n) is 1.71. The first-order valence-electron chi connectivity index (χ1n) is 4.48. The van der Waals surface area contributed by atoms with E-state index in [4.69, 9.17) is 15.9 Å². The second-order valence-electron chi connectivity index (χ2n) is 3.35. The van der Waals surface area contributed by atoms with Crippen LogP contribution in [-0.4, -0.2) is 45.7 Å². The Morgan fingerprint density at radius 1 is 1.47 bits per heavy atom. The average molecular weight is 216 g/mol. The lowest BCUT2D eigenvalue weighted by atomic mass is 10.0. The van der Waals surface area contributed by atoms with Gasteiger partial charge in [0.1, 0.15) is 6.04 Å². The number of rotatable bonds is 3. The van der Waals surface area contributed by atoms with Crippen molar-refractivity contribution in [2.45, 2.75) is 18.9 Å². The van der Waals surface area contributed by atoms with E-state index >= 15 is 0 Å². The summed E-state index contributed by atoms with van der Waals surface area (Å²) in [7, 11) is 0. The Bertz CT molecular complexity index is 303. The molecule has 0 aromatic carbocycles. The molecular formula is C8H12N2O5. The van der Waals surface area contributed by atoms with Crippen LogP contribution in [0.3, 0.4) is 0 Å². The molecule has 1 rings (SSSR count). The van der Waals surface area contributed by atoms with Crippen molar-refractivity contribution in [1.82, 2.24) is 4.90 Å². The Balaban J connectivity index is 2.87. The fraction of sp³-hybridized carbons (Fsp3) is 0.625. The standard InChI is InChI=1S/C8H12N2O5/c9-2-1-4-3-5(7(12)13)10(6(4)11)8(14)15/h4-5H,1-3,9H2,(H,12,13)(H,14,15)/t4-,5-/m0/s1. The summed E-state index contributed by atoms with van der Waals surface area (Å²) in [6, 6.07) is -1.27. The van der Waals surface area contributed by atoms with E-state index in [-0.39, 0.29) is 13.0 Å². The highest BCUT2D eigenvalue weighted by Gasteiger charge is 2.46. The lowest BCUT2D eigenvalue weighted by Gasteiger charge is -2.14. The summed E-state index contributed by atoms with van der Waals surface area (Å²) in [6.45, 7) is 0.232. The number of carbonyl (C=O) groups excluding carboxylic acids is 1. The van der Waals surface area contributed by atoms with Crippen LogP contribution in [0.5, 0.6) is 0 Å². The molecule has 1 saturated heterocycles. The number of nitrogens with zero attached hydrogens (tertiary/aromatic N) is 1. The van der Waals surface area contributed by atoms with Crippen molar-refractivity contribution in [2.24, 2.45) is 11.7 Å². The van der Waals surface area contributed by atoms with Gasteiger partial charge in [-0.2, -0.15) is 0 Å². The van der Waals surface area contributed by atoms with Crippen molar-refractivity contribution in [2.75, 3.05) is 6.54 Å². The van der Waals surface area contributed by atoms with Gasteiger partial charge in [0.15, 0.2) is 0 Å². The first-order chi connectivity index (χ1) is 6.99.